The van der Waals surface area contributed by atoms with E-state index in [1.54, 1.807) is 0 Å². The van der Waals surface area contributed by atoms with Gasteiger partial charge in [-0.1, -0.05) is 24.9 Å². The van der Waals surface area contributed by atoms with Crippen molar-refractivity contribution in [3.05, 3.63) is 11.7 Å². The van der Waals surface area contributed by atoms with E-state index >= 15 is 0 Å². The summed E-state index contributed by atoms with van der Waals surface area (Å²) in [6.07, 6.45) is 5.88. The van der Waals surface area contributed by atoms with Gasteiger partial charge in [-0.2, -0.15) is 16.7 Å². The van der Waals surface area contributed by atoms with E-state index in [0.29, 0.717) is 11.8 Å². The molecule has 0 saturated carbocycles. The number of hydrogen-bond acceptors (Lipinski definition) is 5. The zero-order chi connectivity index (χ0) is 12.1. The molecule has 2 atom stereocenters. The van der Waals surface area contributed by atoms with Crippen molar-refractivity contribution >= 4 is 11.8 Å². The van der Waals surface area contributed by atoms with Crippen molar-refractivity contribution in [1.29, 1.82) is 0 Å². The summed E-state index contributed by atoms with van der Waals surface area (Å²) in [5.41, 5.74) is 5.75. The van der Waals surface area contributed by atoms with E-state index in [2.05, 4.69) is 17.1 Å². The number of aromatic nitrogens is 2. The summed E-state index contributed by atoms with van der Waals surface area (Å²) in [6, 6.07) is 0. The van der Waals surface area contributed by atoms with Crippen LogP contribution in [0.5, 0.6) is 0 Å². The molecule has 0 bridgehead atoms. The third-order valence-electron chi connectivity index (χ3n) is 3.20. The van der Waals surface area contributed by atoms with E-state index in [1.807, 2.05) is 11.8 Å². The van der Waals surface area contributed by atoms with E-state index in [4.69, 9.17) is 10.3 Å². The van der Waals surface area contributed by atoms with Crippen LogP contribution >= 0.6 is 11.8 Å². The van der Waals surface area contributed by atoms with Gasteiger partial charge in [-0.15, -0.1) is 0 Å². The molecule has 1 aromatic heterocycles. The minimum Gasteiger partial charge on any atom is -0.339 e. The third kappa shape index (κ3) is 3.22. The van der Waals surface area contributed by atoms with Gasteiger partial charge in [0.2, 0.25) is 5.89 Å². The van der Waals surface area contributed by atoms with E-state index in [0.717, 1.165) is 24.6 Å². The van der Waals surface area contributed by atoms with Crippen molar-refractivity contribution in [2.24, 2.45) is 5.73 Å². The zero-order valence-corrected chi connectivity index (χ0v) is 11.2. The van der Waals surface area contributed by atoms with E-state index in [-0.39, 0.29) is 5.92 Å². The first kappa shape index (κ1) is 12.9. The van der Waals surface area contributed by atoms with Gasteiger partial charge in [-0.3, -0.25) is 0 Å². The lowest BCUT2D eigenvalue weighted by Gasteiger charge is -2.17. The number of rotatable bonds is 5. The minimum absolute atomic E-state index is 0.231. The molecule has 0 radical (unpaired) electrons. The van der Waals surface area contributed by atoms with Gasteiger partial charge in [-0.05, 0) is 25.0 Å². The number of nitrogens with two attached hydrogens (primary N) is 1. The quantitative estimate of drug-likeness (QED) is 0.876. The smallest absolute Gasteiger partial charge is 0.231 e. The molecule has 5 heteroatoms. The summed E-state index contributed by atoms with van der Waals surface area (Å²) in [4.78, 5) is 4.55. The Bertz CT molecular complexity index is 317. The van der Waals surface area contributed by atoms with Crippen LogP contribution in [0.3, 0.4) is 0 Å². The van der Waals surface area contributed by atoms with Gasteiger partial charge in [0, 0.05) is 6.54 Å². The van der Waals surface area contributed by atoms with Gasteiger partial charge in [0.05, 0.1) is 11.2 Å². The van der Waals surface area contributed by atoms with Crippen LogP contribution in [0, 0.1) is 0 Å². The second kappa shape index (κ2) is 6.40. The topological polar surface area (TPSA) is 64.9 Å². The molecule has 4 nitrogen and oxygen atoms in total. The molecule has 1 saturated heterocycles. The van der Waals surface area contributed by atoms with Crippen LogP contribution < -0.4 is 5.73 Å². The fraction of sp³-hybridized carbons (Fsp3) is 0.833. The van der Waals surface area contributed by atoms with Crippen molar-refractivity contribution in [2.45, 2.75) is 50.2 Å². The lowest BCUT2D eigenvalue weighted by Crippen LogP contribution is -2.13. The summed E-state index contributed by atoms with van der Waals surface area (Å²) in [6.45, 7) is 2.74. The molecule has 0 aliphatic carbocycles. The molecular formula is C12H21N3OS. The highest BCUT2D eigenvalue weighted by Crippen LogP contribution is 2.37. The molecule has 2 unspecified atom stereocenters. The van der Waals surface area contributed by atoms with Crippen LogP contribution in [0.15, 0.2) is 4.52 Å². The van der Waals surface area contributed by atoms with Crippen molar-refractivity contribution in [2.75, 3.05) is 12.3 Å². The standard InChI is InChI=1S/C12H21N3OS/c1-2-5-9(8-13)12-14-11(15-16-12)10-6-3-4-7-17-10/h9-10H,2-8,13H2,1H3. The van der Waals surface area contributed by atoms with Gasteiger partial charge < -0.3 is 10.3 Å². The first-order valence-corrected chi connectivity index (χ1v) is 7.55. The number of thioether (sulfide) groups is 1. The predicted molar refractivity (Wildman–Crippen MR) is 70.1 cm³/mol. The molecule has 2 rings (SSSR count). The highest BCUT2D eigenvalue weighted by molar-refractivity contribution is 7.99. The molecule has 0 spiro atoms. The Hall–Kier alpha value is -0.550. The van der Waals surface area contributed by atoms with Crippen LogP contribution in [0.4, 0.5) is 0 Å². The molecule has 1 aromatic rings. The van der Waals surface area contributed by atoms with E-state index in [9.17, 15) is 0 Å². The normalized spacial score (nSPS) is 22.6. The van der Waals surface area contributed by atoms with Gasteiger partial charge >= 0.3 is 0 Å². The molecule has 0 aromatic carbocycles. The molecule has 0 amide bonds. The van der Waals surface area contributed by atoms with Crippen LogP contribution in [0.1, 0.15) is 61.9 Å². The Morgan fingerprint density at radius 1 is 1.53 bits per heavy atom. The molecule has 1 aliphatic heterocycles. The summed E-state index contributed by atoms with van der Waals surface area (Å²) in [7, 11) is 0. The highest BCUT2D eigenvalue weighted by Gasteiger charge is 2.23. The average Bonchev–Trinajstić information content (AvgIpc) is 2.86. The second-order valence-electron chi connectivity index (χ2n) is 4.57. The monoisotopic (exact) mass is 255 g/mol. The largest absolute Gasteiger partial charge is 0.339 e. The Balaban J connectivity index is 2.03. The van der Waals surface area contributed by atoms with Gasteiger partial charge in [0.15, 0.2) is 5.82 Å². The zero-order valence-electron chi connectivity index (χ0n) is 10.4. The first-order valence-electron chi connectivity index (χ1n) is 6.50. The van der Waals surface area contributed by atoms with Crippen molar-refractivity contribution in [3.63, 3.8) is 0 Å². The summed E-state index contributed by atoms with van der Waals surface area (Å²) < 4.78 is 5.37. The summed E-state index contributed by atoms with van der Waals surface area (Å²) in [5.74, 6) is 3.05. The van der Waals surface area contributed by atoms with Gasteiger partial charge in [0.25, 0.3) is 0 Å². The highest BCUT2D eigenvalue weighted by atomic mass is 32.2. The van der Waals surface area contributed by atoms with Crippen LogP contribution in [0.25, 0.3) is 0 Å². The van der Waals surface area contributed by atoms with Crippen molar-refractivity contribution in [1.82, 2.24) is 10.1 Å². The first-order chi connectivity index (χ1) is 8.35. The minimum atomic E-state index is 0.231. The predicted octanol–water partition coefficient (Wildman–Crippen LogP) is 2.87. The molecule has 2 N–H and O–H groups in total. The average molecular weight is 255 g/mol. The Kier molecular flexibility index (Phi) is 4.86. The van der Waals surface area contributed by atoms with E-state index in [1.165, 1.54) is 25.0 Å². The molecule has 1 fully saturated rings. The van der Waals surface area contributed by atoms with Crippen LogP contribution in [-0.4, -0.2) is 22.4 Å². The van der Waals surface area contributed by atoms with Crippen LogP contribution in [0.2, 0.25) is 0 Å². The maximum atomic E-state index is 5.75. The Morgan fingerprint density at radius 3 is 3.06 bits per heavy atom. The maximum Gasteiger partial charge on any atom is 0.231 e. The fourth-order valence-electron chi connectivity index (χ4n) is 2.18. The molecule has 17 heavy (non-hydrogen) atoms. The third-order valence-corrected chi connectivity index (χ3v) is 4.57. The van der Waals surface area contributed by atoms with Crippen molar-refractivity contribution < 1.29 is 4.52 Å². The molecule has 1 aliphatic rings. The SMILES string of the molecule is CCCC(CN)c1nc(C2CCCCS2)no1. The maximum absolute atomic E-state index is 5.75. The Morgan fingerprint density at radius 2 is 2.41 bits per heavy atom. The molecule has 2 heterocycles. The number of hydrogen-bond donors (Lipinski definition) is 1. The Labute approximate surface area is 107 Å². The van der Waals surface area contributed by atoms with Gasteiger partial charge in [0.1, 0.15) is 0 Å². The van der Waals surface area contributed by atoms with Crippen LogP contribution in [-0.2, 0) is 0 Å². The second-order valence-corrected chi connectivity index (χ2v) is 5.88. The summed E-state index contributed by atoms with van der Waals surface area (Å²) >= 11 is 1.95. The molecular weight excluding hydrogens is 234 g/mol. The summed E-state index contributed by atoms with van der Waals surface area (Å²) in [5, 5.41) is 4.56. The van der Waals surface area contributed by atoms with Gasteiger partial charge in [-0.25, -0.2) is 0 Å². The fourth-order valence-corrected chi connectivity index (χ4v) is 3.41. The number of nitrogens with zero attached hydrogens (tertiary/aromatic N) is 2. The van der Waals surface area contributed by atoms with E-state index < -0.39 is 0 Å². The van der Waals surface area contributed by atoms with Crippen molar-refractivity contribution in [3.8, 4) is 0 Å². The molecule has 96 valence electrons. The lowest BCUT2D eigenvalue weighted by molar-refractivity contribution is 0.343. The lowest BCUT2D eigenvalue weighted by atomic mass is 10.0.